The molecular formula is C24H40N4O9. The normalized spacial score (nSPS) is 16.3. The smallest absolute Gasteiger partial charge is 0.408 e. The number of rotatable bonds is 10. The molecule has 0 aromatic heterocycles. The second kappa shape index (κ2) is 13.8. The molecule has 1 heterocycles. The van der Waals surface area contributed by atoms with Crippen molar-refractivity contribution in [3.8, 4) is 0 Å². The van der Waals surface area contributed by atoms with Crippen LogP contribution in [0.1, 0.15) is 67.2 Å². The Morgan fingerprint density at radius 1 is 0.892 bits per heavy atom. The van der Waals surface area contributed by atoms with E-state index in [1.165, 1.54) is 12.0 Å². The number of esters is 2. The third kappa shape index (κ3) is 12.4. The third-order valence-corrected chi connectivity index (χ3v) is 4.98. The van der Waals surface area contributed by atoms with Gasteiger partial charge >= 0.3 is 18.0 Å². The summed E-state index contributed by atoms with van der Waals surface area (Å²) in [5.74, 6) is -3.01. The van der Waals surface area contributed by atoms with Crippen LogP contribution in [-0.2, 0) is 38.2 Å². The van der Waals surface area contributed by atoms with E-state index in [0.717, 1.165) is 0 Å². The van der Waals surface area contributed by atoms with E-state index >= 15 is 0 Å². The molecule has 1 aliphatic heterocycles. The zero-order valence-corrected chi connectivity index (χ0v) is 22.7. The number of ether oxygens (including phenoxy) is 3. The van der Waals surface area contributed by atoms with Crippen molar-refractivity contribution in [1.29, 1.82) is 0 Å². The molecule has 1 rings (SSSR count). The van der Waals surface area contributed by atoms with Crippen molar-refractivity contribution in [1.82, 2.24) is 20.9 Å². The van der Waals surface area contributed by atoms with Crippen LogP contribution in [0.15, 0.2) is 0 Å². The number of hydrogen-bond acceptors (Lipinski definition) is 9. The monoisotopic (exact) mass is 528 g/mol. The molecule has 0 spiro atoms. The van der Waals surface area contributed by atoms with Crippen LogP contribution in [0.3, 0.4) is 0 Å². The van der Waals surface area contributed by atoms with Crippen molar-refractivity contribution >= 4 is 35.8 Å². The van der Waals surface area contributed by atoms with Gasteiger partial charge in [0.2, 0.25) is 17.7 Å². The van der Waals surface area contributed by atoms with Crippen molar-refractivity contribution in [2.45, 2.75) is 90.5 Å². The molecule has 1 fully saturated rings. The largest absolute Gasteiger partial charge is 0.468 e. The van der Waals surface area contributed by atoms with Crippen molar-refractivity contribution in [2.24, 2.45) is 0 Å². The third-order valence-electron chi connectivity index (χ3n) is 4.98. The van der Waals surface area contributed by atoms with Crippen LogP contribution in [0.2, 0.25) is 0 Å². The van der Waals surface area contributed by atoms with E-state index in [1.807, 2.05) is 0 Å². The summed E-state index contributed by atoms with van der Waals surface area (Å²) < 4.78 is 14.9. The van der Waals surface area contributed by atoms with Gasteiger partial charge in [-0.15, -0.1) is 0 Å². The van der Waals surface area contributed by atoms with E-state index < -0.39 is 65.6 Å². The standard InChI is InChI=1S/C24H40N4O9/c1-23(2,3)36-18(30)11-10-15(20(32)25-14-19(31)35-7)27-21(33)16-9-8-12-28(16)17(29)13-26-22(34)37-24(4,5)6/h15-16H,8-14H2,1-7H3,(H,25,32)(H,26,34)(H,27,33)/t15-,16-/m0/s1. The predicted molar refractivity (Wildman–Crippen MR) is 131 cm³/mol. The first-order valence-corrected chi connectivity index (χ1v) is 12.2. The maximum Gasteiger partial charge on any atom is 0.408 e. The van der Waals surface area contributed by atoms with Crippen molar-refractivity contribution in [2.75, 3.05) is 26.7 Å². The van der Waals surface area contributed by atoms with E-state index in [9.17, 15) is 28.8 Å². The molecule has 0 aliphatic carbocycles. The van der Waals surface area contributed by atoms with E-state index in [0.29, 0.717) is 19.4 Å². The van der Waals surface area contributed by atoms with Crippen LogP contribution in [0.5, 0.6) is 0 Å². The number of hydrogen-bond donors (Lipinski definition) is 3. The Balaban J connectivity index is 2.83. The highest BCUT2D eigenvalue weighted by atomic mass is 16.6. The van der Waals surface area contributed by atoms with Crippen LogP contribution in [0, 0.1) is 0 Å². The molecule has 0 saturated carbocycles. The number of amides is 4. The second-order valence-corrected chi connectivity index (χ2v) is 10.6. The van der Waals surface area contributed by atoms with Gasteiger partial charge in [0.1, 0.15) is 36.4 Å². The van der Waals surface area contributed by atoms with Gasteiger partial charge in [-0.3, -0.25) is 24.0 Å². The van der Waals surface area contributed by atoms with Gasteiger partial charge in [0, 0.05) is 13.0 Å². The number of methoxy groups -OCH3 is 1. The van der Waals surface area contributed by atoms with Gasteiger partial charge < -0.3 is 35.1 Å². The van der Waals surface area contributed by atoms with Crippen LogP contribution in [-0.4, -0.2) is 90.7 Å². The minimum atomic E-state index is -1.16. The van der Waals surface area contributed by atoms with Gasteiger partial charge in [0.25, 0.3) is 0 Å². The molecular weight excluding hydrogens is 488 g/mol. The Labute approximate surface area is 217 Å². The summed E-state index contributed by atoms with van der Waals surface area (Å²) in [5, 5.41) is 7.32. The van der Waals surface area contributed by atoms with Crippen LogP contribution in [0.4, 0.5) is 4.79 Å². The van der Waals surface area contributed by atoms with Crippen LogP contribution in [0.25, 0.3) is 0 Å². The minimum absolute atomic E-state index is 0.0888. The predicted octanol–water partition coefficient (Wildman–Crippen LogP) is 0.398. The summed E-state index contributed by atoms with van der Waals surface area (Å²) in [5.41, 5.74) is -1.45. The van der Waals surface area contributed by atoms with Gasteiger partial charge in [-0.25, -0.2) is 4.79 Å². The highest BCUT2D eigenvalue weighted by Gasteiger charge is 2.36. The second-order valence-electron chi connectivity index (χ2n) is 10.6. The lowest BCUT2D eigenvalue weighted by atomic mass is 10.1. The Kier molecular flexibility index (Phi) is 11.8. The van der Waals surface area contributed by atoms with E-state index in [2.05, 4.69) is 20.7 Å². The lowest BCUT2D eigenvalue weighted by Crippen LogP contribution is -2.54. The van der Waals surface area contributed by atoms with Crippen LogP contribution < -0.4 is 16.0 Å². The van der Waals surface area contributed by atoms with Gasteiger partial charge in [-0.1, -0.05) is 0 Å². The first-order valence-electron chi connectivity index (χ1n) is 12.2. The van der Waals surface area contributed by atoms with E-state index in [1.54, 1.807) is 41.5 Å². The summed E-state index contributed by atoms with van der Waals surface area (Å²) in [4.78, 5) is 75.2. The molecule has 0 radical (unpaired) electrons. The lowest BCUT2D eigenvalue weighted by Gasteiger charge is -2.27. The molecule has 13 nitrogen and oxygen atoms in total. The maximum atomic E-state index is 13.1. The Morgan fingerprint density at radius 2 is 1.51 bits per heavy atom. The fourth-order valence-electron chi connectivity index (χ4n) is 3.45. The Morgan fingerprint density at radius 3 is 2.08 bits per heavy atom. The molecule has 2 atom stereocenters. The average Bonchev–Trinajstić information content (AvgIpc) is 3.26. The number of nitrogens with one attached hydrogen (secondary N) is 3. The topological polar surface area (TPSA) is 169 Å². The quantitative estimate of drug-likeness (QED) is 0.268. The molecule has 0 aromatic carbocycles. The summed E-state index contributed by atoms with van der Waals surface area (Å²) in [6, 6.07) is -2.03. The number of alkyl carbamates (subject to hydrolysis) is 1. The van der Waals surface area contributed by atoms with Gasteiger partial charge in [0.15, 0.2) is 0 Å². The summed E-state index contributed by atoms with van der Waals surface area (Å²) >= 11 is 0. The van der Waals surface area contributed by atoms with Gasteiger partial charge in [-0.05, 0) is 60.8 Å². The van der Waals surface area contributed by atoms with Gasteiger partial charge in [-0.2, -0.15) is 0 Å². The molecule has 3 N–H and O–H groups in total. The SMILES string of the molecule is COC(=O)CNC(=O)[C@H](CCC(=O)OC(C)(C)C)NC(=O)[C@@H]1CCCN1C(=O)CNC(=O)OC(C)(C)C. The molecule has 210 valence electrons. The summed E-state index contributed by atoms with van der Waals surface area (Å²) in [7, 11) is 1.17. The number of nitrogens with zero attached hydrogens (tertiary/aromatic N) is 1. The molecule has 1 saturated heterocycles. The Bertz CT molecular complexity index is 861. The van der Waals surface area contributed by atoms with Gasteiger partial charge in [0.05, 0.1) is 7.11 Å². The first kappa shape index (κ1) is 31.6. The molecule has 13 heteroatoms. The number of carbonyl (C=O) groups excluding carboxylic acids is 6. The minimum Gasteiger partial charge on any atom is -0.468 e. The zero-order valence-electron chi connectivity index (χ0n) is 22.7. The molecule has 0 aromatic rings. The van der Waals surface area contributed by atoms with Crippen molar-refractivity contribution in [3.05, 3.63) is 0 Å². The average molecular weight is 529 g/mol. The molecule has 4 amide bonds. The molecule has 0 unspecified atom stereocenters. The number of carbonyl (C=O) groups is 6. The van der Waals surface area contributed by atoms with Crippen LogP contribution >= 0.6 is 0 Å². The number of likely N-dealkylation sites (tertiary alicyclic amines) is 1. The fourth-order valence-corrected chi connectivity index (χ4v) is 3.45. The van der Waals surface area contributed by atoms with E-state index in [-0.39, 0.29) is 19.4 Å². The van der Waals surface area contributed by atoms with Crippen molar-refractivity contribution in [3.63, 3.8) is 0 Å². The lowest BCUT2D eigenvalue weighted by molar-refractivity contribution is -0.155. The first-order chi connectivity index (χ1) is 17.0. The molecule has 0 bridgehead atoms. The zero-order chi connectivity index (χ0) is 28.4. The highest BCUT2D eigenvalue weighted by molar-refractivity contribution is 5.94. The highest BCUT2D eigenvalue weighted by Crippen LogP contribution is 2.18. The van der Waals surface area contributed by atoms with E-state index in [4.69, 9.17) is 9.47 Å². The fraction of sp³-hybridized carbons (Fsp3) is 0.750. The summed E-state index contributed by atoms with van der Waals surface area (Å²) in [6.45, 7) is 9.70. The molecule has 37 heavy (non-hydrogen) atoms. The molecule has 1 aliphatic rings. The Hall–Kier alpha value is -3.38. The summed E-state index contributed by atoms with van der Waals surface area (Å²) in [6.07, 6.45) is -0.110. The maximum absolute atomic E-state index is 13.1. The van der Waals surface area contributed by atoms with Crippen molar-refractivity contribution < 1.29 is 43.0 Å².